The molecule has 2 atom stereocenters. The Labute approximate surface area is 100 Å². The van der Waals surface area contributed by atoms with Crippen LogP contribution in [-0.2, 0) is 14.3 Å². The number of rotatable bonds is 4. The number of epoxide rings is 1. The number of nitrogens with one attached hydrogen (secondary N) is 1. The highest BCUT2D eigenvalue weighted by Crippen LogP contribution is 2.24. The van der Waals surface area contributed by atoms with Crippen molar-refractivity contribution in [3.63, 3.8) is 0 Å². The monoisotopic (exact) mass is 252 g/mol. The number of hydrogen-bond donors (Lipinski definition) is 2. The van der Waals surface area contributed by atoms with Crippen molar-refractivity contribution in [1.29, 1.82) is 0 Å². The first-order valence-electron chi connectivity index (χ1n) is 4.92. The first kappa shape index (κ1) is 12.0. The summed E-state index contributed by atoms with van der Waals surface area (Å²) in [6.45, 7) is 0. The topological polar surface area (TPSA) is 122 Å². The Kier molecular flexibility index (Phi) is 2.94. The summed E-state index contributed by atoms with van der Waals surface area (Å²) in [5.41, 5.74) is 0.240. The van der Waals surface area contributed by atoms with Crippen LogP contribution in [-0.4, -0.2) is 34.1 Å². The number of hydrogen-bond acceptors (Lipinski definition) is 5. The van der Waals surface area contributed by atoms with Crippen molar-refractivity contribution in [2.45, 2.75) is 12.2 Å². The molecule has 1 heterocycles. The number of benzene rings is 1. The zero-order chi connectivity index (χ0) is 13.3. The standard InChI is InChI=1S/C10H8N2O6/c13-9(7-8(18-7)10(14)15)11-5-1-3-6(4-2-5)12(16)17/h1-4,7-8H,(H,11,13)(H,14,15). The summed E-state index contributed by atoms with van der Waals surface area (Å²) < 4.78 is 4.65. The van der Waals surface area contributed by atoms with E-state index in [1.54, 1.807) is 0 Å². The molecule has 1 aliphatic heterocycles. The maximum absolute atomic E-state index is 11.5. The summed E-state index contributed by atoms with van der Waals surface area (Å²) in [7, 11) is 0. The summed E-state index contributed by atoms with van der Waals surface area (Å²) >= 11 is 0. The van der Waals surface area contributed by atoms with Gasteiger partial charge in [-0.05, 0) is 12.1 Å². The van der Waals surface area contributed by atoms with Gasteiger partial charge < -0.3 is 15.2 Å². The van der Waals surface area contributed by atoms with Gasteiger partial charge in [-0.25, -0.2) is 4.79 Å². The smallest absolute Gasteiger partial charge is 0.336 e. The van der Waals surface area contributed by atoms with Crippen LogP contribution >= 0.6 is 0 Å². The SMILES string of the molecule is O=C(O)C1OC1C(=O)Nc1ccc([N+](=O)[O-])cc1. The highest BCUT2D eigenvalue weighted by Gasteiger charge is 2.50. The number of nitro benzene ring substituents is 1. The fourth-order valence-corrected chi connectivity index (χ4v) is 1.38. The van der Waals surface area contributed by atoms with Gasteiger partial charge in [-0.1, -0.05) is 0 Å². The summed E-state index contributed by atoms with van der Waals surface area (Å²) in [6, 6.07) is 5.18. The van der Waals surface area contributed by atoms with Crippen LogP contribution in [0, 0.1) is 10.1 Å². The molecule has 2 N–H and O–H groups in total. The molecule has 0 radical (unpaired) electrons. The van der Waals surface area contributed by atoms with Gasteiger partial charge in [-0.2, -0.15) is 0 Å². The van der Waals surface area contributed by atoms with Gasteiger partial charge >= 0.3 is 5.97 Å². The lowest BCUT2D eigenvalue weighted by molar-refractivity contribution is -0.384. The van der Waals surface area contributed by atoms with Gasteiger partial charge in [0.1, 0.15) is 0 Å². The third-order valence-electron chi connectivity index (χ3n) is 2.34. The van der Waals surface area contributed by atoms with E-state index in [1.807, 2.05) is 0 Å². The lowest BCUT2D eigenvalue weighted by Gasteiger charge is -2.01. The number of ether oxygens (including phenoxy) is 1. The first-order chi connectivity index (χ1) is 8.49. The van der Waals surface area contributed by atoms with E-state index in [-0.39, 0.29) is 5.69 Å². The van der Waals surface area contributed by atoms with Crippen LogP contribution in [0.25, 0.3) is 0 Å². The molecule has 0 spiro atoms. The highest BCUT2D eigenvalue weighted by molar-refractivity contribution is 6.00. The van der Waals surface area contributed by atoms with Crippen LogP contribution in [0.2, 0.25) is 0 Å². The maximum atomic E-state index is 11.5. The molecule has 1 fully saturated rings. The average Bonchev–Trinajstić information content (AvgIpc) is 3.09. The Bertz CT molecular complexity index is 512. The van der Waals surface area contributed by atoms with Crippen LogP contribution in [0.15, 0.2) is 24.3 Å². The van der Waals surface area contributed by atoms with E-state index >= 15 is 0 Å². The van der Waals surface area contributed by atoms with Crippen LogP contribution < -0.4 is 5.32 Å². The molecule has 0 aromatic heterocycles. The van der Waals surface area contributed by atoms with E-state index in [1.165, 1.54) is 24.3 Å². The minimum Gasteiger partial charge on any atom is -0.479 e. The molecule has 0 bridgehead atoms. The van der Waals surface area contributed by atoms with E-state index in [0.29, 0.717) is 5.69 Å². The van der Waals surface area contributed by atoms with Crippen molar-refractivity contribution in [3.8, 4) is 0 Å². The van der Waals surface area contributed by atoms with Crippen molar-refractivity contribution >= 4 is 23.3 Å². The third kappa shape index (κ3) is 2.43. The molecule has 2 rings (SSSR count). The van der Waals surface area contributed by atoms with Crippen molar-refractivity contribution in [2.24, 2.45) is 0 Å². The molecule has 18 heavy (non-hydrogen) atoms. The number of carbonyl (C=O) groups is 2. The van der Waals surface area contributed by atoms with Gasteiger partial charge in [-0.15, -0.1) is 0 Å². The molecule has 0 saturated carbocycles. The predicted molar refractivity (Wildman–Crippen MR) is 58.0 cm³/mol. The van der Waals surface area contributed by atoms with E-state index in [2.05, 4.69) is 10.1 Å². The van der Waals surface area contributed by atoms with Gasteiger partial charge in [-0.3, -0.25) is 14.9 Å². The number of amides is 1. The molecule has 8 heteroatoms. The lowest BCUT2D eigenvalue weighted by Crippen LogP contribution is -2.22. The van der Waals surface area contributed by atoms with Crippen molar-refractivity contribution < 1.29 is 24.4 Å². The zero-order valence-corrected chi connectivity index (χ0v) is 8.90. The van der Waals surface area contributed by atoms with Gasteiger partial charge in [0, 0.05) is 17.8 Å². The van der Waals surface area contributed by atoms with Crippen molar-refractivity contribution in [2.75, 3.05) is 5.32 Å². The summed E-state index contributed by atoms with van der Waals surface area (Å²) in [6.07, 6.45) is -2.11. The molecule has 1 aromatic carbocycles. The Morgan fingerprint density at radius 3 is 2.33 bits per heavy atom. The fourth-order valence-electron chi connectivity index (χ4n) is 1.38. The fraction of sp³-hybridized carbons (Fsp3) is 0.200. The zero-order valence-electron chi connectivity index (χ0n) is 8.90. The molecule has 1 amide bonds. The number of non-ortho nitro benzene ring substituents is 1. The van der Waals surface area contributed by atoms with E-state index < -0.39 is 29.0 Å². The number of nitro groups is 1. The molecule has 0 aliphatic carbocycles. The molecular formula is C10H8N2O6. The molecule has 2 unspecified atom stereocenters. The number of carboxylic acid groups (broad SMARTS) is 1. The van der Waals surface area contributed by atoms with E-state index in [9.17, 15) is 19.7 Å². The molecule has 1 aromatic rings. The molecule has 1 saturated heterocycles. The second-order valence-corrected chi connectivity index (χ2v) is 3.61. The number of aliphatic carboxylic acids is 1. The van der Waals surface area contributed by atoms with E-state index in [0.717, 1.165) is 0 Å². The Balaban J connectivity index is 1.96. The minimum absolute atomic E-state index is 0.0981. The molecular weight excluding hydrogens is 244 g/mol. The predicted octanol–water partition coefficient (Wildman–Crippen LogP) is 0.385. The second kappa shape index (κ2) is 4.41. The van der Waals surface area contributed by atoms with Crippen LogP contribution in [0.1, 0.15) is 0 Å². The number of carbonyl (C=O) groups excluding carboxylic acids is 1. The van der Waals surface area contributed by atoms with Gasteiger partial charge in [0.05, 0.1) is 4.92 Å². The Morgan fingerprint density at radius 1 is 1.28 bits per heavy atom. The number of carboxylic acids is 1. The highest BCUT2D eigenvalue weighted by atomic mass is 16.6. The van der Waals surface area contributed by atoms with Gasteiger partial charge in [0.25, 0.3) is 11.6 Å². The number of anilines is 1. The molecule has 94 valence electrons. The molecule has 8 nitrogen and oxygen atoms in total. The summed E-state index contributed by atoms with van der Waals surface area (Å²) in [5.74, 6) is -1.78. The van der Waals surface area contributed by atoms with Crippen LogP contribution in [0.4, 0.5) is 11.4 Å². The third-order valence-corrected chi connectivity index (χ3v) is 2.34. The Hall–Kier alpha value is -2.48. The maximum Gasteiger partial charge on any atom is 0.336 e. The van der Waals surface area contributed by atoms with E-state index in [4.69, 9.17) is 5.11 Å². The summed E-state index contributed by atoms with van der Waals surface area (Å²) in [5, 5.41) is 21.4. The Morgan fingerprint density at radius 2 is 1.89 bits per heavy atom. The minimum atomic E-state index is -1.20. The van der Waals surface area contributed by atoms with Crippen LogP contribution in [0.5, 0.6) is 0 Å². The largest absolute Gasteiger partial charge is 0.479 e. The van der Waals surface area contributed by atoms with Crippen molar-refractivity contribution in [1.82, 2.24) is 0 Å². The second-order valence-electron chi connectivity index (χ2n) is 3.61. The van der Waals surface area contributed by atoms with Crippen molar-refractivity contribution in [3.05, 3.63) is 34.4 Å². The summed E-state index contributed by atoms with van der Waals surface area (Å²) in [4.78, 5) is 31.8. The quantitative estimate of drug-likeness (QED) is 0.454. The average molecular weight is 252 g/mol. The van der Waals surface area contributed by atoms with Gasteiger partial charge in [0.15, 0.2) is 12.2 Å². The lowest BCUT2D eigenvalue weighted by atomic mass is 10.2. The first-order valence-corrected chi connectivity index (χ1v) is 4.92. The molecule has 1 aliphatic rings. The number of nitrogens with zero attached hydrogens (tertiary/aromatic N) is 1. The van der Waals surface area contributed by atoms with Crippen LogP contribution in [0.3, 0.4) is 0 Å². The van der Waals surface area contributed by atoms with Gasteiger partial charge in [0.2, 0.25) is 0 Å². The normalized spacial score (nSPS) is 21.1.